The van der Waals surface area contributed by atoms with Crippen LogP contribution in [0.3, 0.4) is 0 Å². The number of benzene rings is 1. The largest absolute Gasteiger partial charge is 0.396 e. The van der Waals surface area contributed by atoms with Crippen molar-refractivity contribution in [3.63, 3.8) is 0 Å². The number of halogens is 4. The van der Waals surface area contributed by atoms with Crippen LogP contribution < -0.4 is 5.73 Å². The van der Waals surface area contributed by atoms with Crippen LogP contribution in [0.4, 0.5) is 18.9 Å². The van der Waals surface area contributed by atoms with Crippen molar-refractivity contribution in [2.24, 2.45) is 0 Å². The maximum absolute atomic E-state index is 15.3. The van der Waals surface area contributed by atoms with E-state index in [-0.39, 0.29) is 23.1 Å². The second-order valence-corrected chi connectivity index (χ2v) is 14.9. The smallest absolute Gasteiger partial charge is 0.207 e. The second-order valence-electron chi connectivity index (χ2n) is 8.92. The van der Waals surface area contributed by atoms with E-state index in [0.29, 0.717) is 23.6 Å². The van der Waals surface area contributed by atoms with E-state index in [1.807, 2.05) is 0 Å². The van der Waals surface area contributed by atoms with Gasteiger partial charge in [0.25, 0.3) is 0 Å². The van der Waals surface area contributed by atoms with Crippen LogP contribution in [0.5, 0.6) is 0 Å². The summed E-state index contributed by atoms with van der Waals surface area (Å²) in [6, 6.07) is 5.90. The van der Waals surface area contributed by atoms with Crippen LogP contribution in [-0.4, -0.2) is 33.6 Å². The molecule has 0 unspecified atom stereocenters. The van der Waals surface area contributed by atoms with E-state index >= 15 is 4.39 Å². The highest BCUT2D eigenvalue weighted by Crippen LogP contribution is 2.33. The highest BCUT2D eigenvalue weighted by molar-refractivity contribution is 6.76. The van der Waals surface area contributed by atoms with Crippen molar-refractivity contribution in [3.8, 4) is 22.6 Å². The first-order valence-electron chi connectivity index (χ1n) is 10.3. The Hall–Kier alpha value is -2.82. The van der Waals surface area contributed by atoms with Gasteiger partial charge in [-0.1, -0.05) is 31.2 Å². The van der Waals surface area contributed by atoms with Crippen molar-refractivity contribution in [2.75, 3.05) is 12.3 Å². The lowest BCUT2D eigenvalue weighted by Crippen LogP contribution is -2.22. The molecule has 3 aromatic heterocycles. The molecule has 0 aliphatic heterocycles. The molecule has 0 spiro atoms. The molecule has 1 aromatic carbocycles. The predicted molar refractivity (Wildman–Crippen MR) is 125 cm³/mol. The minimum atomic E-state index is -1.24. The fourth-order valence-electron chi connectivity index (χ4n) is 3.42. The first-order chi connectivity index (χ1) is 15.6. The number of fused-ring (bicyclic) bond motifs is 1. The first-order valence-corrected chi connectivity index (χ1v) is 14.4. The summed E-state index contributed by atoms with van der Waals surface area (Å²) < 4.78 is 52.7. The van der Waals surface area contributed by atoms with Crippen LogP contribution in [0.2, 0.25) is 30.8 Å². The topological polar surface area (TPSA) is 70.4 Å². The first kappa shape index (κ1) is 23.3. The van der Waals surface area contributed by atoms with Gasteiger partial charge in [-0.25, -0.2) is 18.7 Å². The maximum Gasteiger partial charge on any atom is 0.207 e. The number of ether oxygens (including phenoxy) is 1. The number of nitrogens with two attached hydrogens (primary N) is 1. The quantitative estimate of drug-likeness (QED) is 0.152. The van der Waals surface area contributed by atoms with E-state index in [9.17, 15) is 8.78 Å². The second kappa shape index (κ2) is 8.84. The van der Waals surface area contributed by atoms with Crippen molar-refractivity contribution in [1.29, 1.82) is 0 Å². The minimum Gasteiger partial charge on any atom is -0.396 e. The summed E-state index contributed by atoms with van der Waals surface area (Å²) in [6.07, 6.45) is 2.84. The number of imidazole rings is 2. The van der Waals surface area contributed by atoms with Crippen LogP contribution in [0.15, 0.2) is 36.8 Å². The molecule has 3 heterocycles. The number of pyridine rings is 1. The van der Waals surface area contributed by atoms with Crippen molar-refractivity contribution in [1.82, 2.24) is 18.9 Å². The average molecular weight is 494 g/mol. The molecule has 0 amide bonds. The molecule has 4 aromatic rings. The lowest BCUT2D eigenvalue weighted by atomic mass is 10.0. The van der Waals surface area contributed by atoms with Gasteiger partial charge < -0.3 is 15.0 Å². The monoisotopic (exact) mass is 493 g/mol. The molecule has 0 fully saturated rings. The third kappa shape index (κ3) is 4.64. The number of rotatable bonds is 7. The minimum absolute atomic E-state index is 0.207. The molecule has 0 saturated heterocycles. The lowest BCUT2D eigenvalue weighted by molar-refractivity contribution is 0.0882. The number of hydrogen-bond donors (Lipinski definition) is 1. The Kier molecular flexibility index (Phi) is 6.26. The SMILES string of the molecule is C[Si](C)(C)CCOCn1cc(Cl)nc1-c1ncn2c(F)c(-c3c(F)ccc(N)c3F)ccc12. The molecule has 0 atom stereocenters. The van der Waals surface area contributed by atoms with Gasteiger partial charge in [-0.3, -0.25) is 4.40 Å². The van der Waals surface area contributed by atoms with Gasteiger partial charge >= 0.3 is 0 Å². The predicted octanol–water partition coefficient (Wildman–Crippen LogP) is 5.83. The van der Waals surface area contributed by atoms with E-state index in [1.54, 1.807) is 10.8 Å². The van der Waals surface area contributed by atoms with Crippen LogP contribution in [-0.2, 0) is 11.5 Å². The average Bonchev–Trinajstić information content (AvgIpc) is 3.32. The molecule has 0 radical (unpaired) electrons. The van der Waals surface area contributed by atoms with Gasteiger partial charge in [-0.05, 0) is 30.3 Å². The van der Waals surface area contributed by atoms with Gasteiger partial charge in [-0.2, -0.15) is 4.39 Å². The molecule has 11 heteroatoms. The van der Waals surface area contributed by atoms with Crippen LogP contribution in [0, 0.1) is 17.6 Å². The van der Waals surface area contributed by atoms with Crippen molar-refractivity contribution < 1.29 is 17.9 Å². The summed E-state index contributed by atoms with van der Waals surface area (Å²) in [5.41, 5.74) is 5.17. The van der Waals surface area contributed by atoms with Gasteiger partial charge in [0, 0.05) is 26.4 Å². The zero-order valence-corrected chi connectivity index (χ0v) is 20.1. The van der Waals surface area contributed by atoms with E-state index in [4.69, 9.17) is 22.1 Å². The Morgan fingerprint density at radius 3 is 2.61 bits per heavy atom. The van der Waals surface area contributed by atoms with Crippen LogP contribution in [0.25, 0.3) is 28.2 Å². The van der Waals surface area contributed by atoms with Crippen molar-refractivity contribution >= 4 is 30.9 Å². The molecule has 2 N–H and O–H groups in total. The van der Waals surface area contributed by atoms with Crippen LogP contribution >= 0.6 is 11.6 Å². The summed E-state index contributed by atoms with van der Waals surface area (Å²) in [6.45, 7) is 7.59. The highest BCUT2D eigenvalue weighted by Gasteiger charge is 2.22. The highest BCUT2D eigenvalue weighted by atomic mass is 35.5. The summed E-state index contributed by atoms with van der Waals surface area (Å²) in [7, 11) is -1.24. The van der Waals surface area contributed by atoms with Gasteiger partial charge in [0.15, 0.2) is 11.6 Å². The summed E-state index contributed by atoms with van der Waals surface area (Å²) >= 11 is 6.12. The Bertz CT molecular complexity index is 1330. The molecule has 0 aliphatic carbocycles. The molecule has 0 bridgehead atoms. The normalized spacial score (nSPS) is 12.1. The Labute approximate surface area is 194 Å². The standard InChI is InChI=1S/C22H23ClF3N5OSi/c1-33(2,3)9-8-32-12-30-10-17(23)29-22(30)20-16-7-4-13(21(26)31(16)11-28-20)18-14(24)5-6-15(27)19(18)25/h4-7,10-11H,8-9,12,27H2,1-3H3. The fraction of sp³-hybridized carbons (Fsp3) is 0.273. The zero-order valence-electron chi connectivity index (χ0n) is 18.4. The molecule has 0 aliphatic rings. The molecule has 174 valence electrons. The third-order valence-corrected chi connectivity index (χ3v) is 7.11. The number of nitrogens with zero attached hydrogens (tertiary/aromatic N) is 4. The molecule has 6 nitrogen and oxygen atoms in total. The fourth-order valence-corrected chi connectivity index (χ4v) is 4.38. The Morgan fingerprint density at radius 1 is 1.12 bits per heavy atom. The van der Waals surface area contributed by atoms with E-state index in [0.717, 1.165) is 22.6 Å². The Morgan fingerprint density at radius 2 is 1.88 bits per heavy atom. The molecule has 0 saturated carbocycles. The Balaban J connectivity index is 1.71. The van der Waals surface area contributed by atoms with Gasteiger partial charge in [0.05, 0.1) is 16.8 Å². The van der Waals surface area contributed by atoms with Gasteiger partial charge in [0.2, 0.25) is 5.95 Å². The molecule has 4 rings (SSSR count). The third-order valence-electron chi connectivity index (χ3n) is 5.22. The lowest BCUT2D eigenvalue weighted by Gasteiger charge is -2.16. The van der Waals surface area contributed by atoms with Gasteiger partial charge in [-0.15, -0.1) is 0 Å². The van der Waals surface area contributed by atoms with Gasteiger partial charge in [0.1, 0.15) is 29.7 Å². The number of nitrogen functional groups attached to an aromatic ring is 1. The summed E-state index contributed by atoms with van der Waals surface area (Å²) in [4.78, 5) is 8.59. The number of anilines is 1. The van der Waals surface area contributed by atoms with Crippen molar-refractivity contribution in [2.45, 2.75) is 32.4 Å². The molecular weight excluding hydrogens is 471 g/mol. The summed E-state index contributed by atoms with van der Waals surface area (Å²) in [5.74, 6) is -2.43. The number of hydrogen-bond acceptors (Lipinski definition) is 4. The maximum atomic E-state index is 15.3. The summed E-state index contributed by atoms with van der Waals surface area (Å²) in [5, 5.41) is 0.237. The molecular formula is C22H23ClF3N5OSi. The van der Waals surface area contributed by atoms with E-state index in [2.05, 4.69) is 29.6 Å². The van der Waals surface area contributed by atoms with Crippen molar-refractivity contribution in [3.05, 3.63) is 59.5 Å². The van der Waals surface area contributed by atoms with E-state index < -0.39 is 31.2 Å². The zero-order chi connectivity index (χ0) is 23.9. The molecule has 33 heavy (non-hydrogen) atoms. The van der Waals surface area contributed by atoms with E-state index in [1.165, 1.54) is 18.5 Å². The van der Waals surface area contributed by atoms with Crippen LogP contribution in [0.1, 0.15) is 0 Å². The number of aromatic nitrogens is 4.